The molecule has 5 rings (SSSR count). The Morgan fingerprint density at radius 1 is 1.06 bits per heavy atom. The number of anilines is 1. The van der Waals surface area contributed by atoms with Crippen LogP contribution in [0, 0.1) is 0 Å². The van der Waals surface area contributed by atoms with Gasteiger partial charge in [0.05, 0.1) is 10.9 Å². The Morgan fingerprint density at radius 3 is 2.56 bits per heavy atom. The summed E-state index contributed by atoms with van der Waals surface area (Å²) in [6, 6.07) is 15.3. The highest BCUT2D eigenvalue weighted by Crippen LogP contribution is 2.34. The second-order valence-electron chi connectivity index (χ2n) is 8.54. The van der Waals surface area contributed by atoms with Crippen molar-refractivity contribution in [2.75, 3.05) is 11.4 Å². The number of rotatable bonds is 7. The third-order valence-corrected chi connectivity index (χ3v) is 6.18. The van der Waals surface area contributed by atoms with E-state index in [0.717, 1.165) is 37.1 Å². The van der Waals surface area contributed by atoms with Crippen molar-refractivity contribution in [2.45, 2.75) is 51.1 Å². The maximum Gasteiger partial charge on any atom is 0.261 e. The van der Waals surface area contributed by atoms with Crippen molar-refractivity contribution in [3.63, 3.8) is 0 Å². The van der Waals surface area contributed by atoms with E-state index in [0.29, 0.717) is 36.1 Å². The number of carbonyl (C=O) groups excluding carboxylic acids is 2. The standard InChI is InChI=1S/C25H26N4O3/c30-23(26-16-17-7-9-18(10-8-17)28-15-3-6-24(28)31)14-13-22-27-21-5-2-1-4-20(21)25(32)29(22)19-11-12-19/h1-2,4-5,7-10,19H,3,6,11-16H2,(H,26,30). The number of fused-ring (bicyclic) bond motifs is 1. The number of hydrogen-bond acceptors (Lipinski definition) is 4. The first kappa shape index (κ1) is 20.4. The molecule has 0 unspecified atom stereocenters. The van der Waals surface area contributed by atoms with Crippen molar-refractivity contribution in [3.8, 4) is 0 Å². The fraction of sp³-hybridized carbons (Fsp3) is 0.360. The van der Waals surface area contributed by atoms with Crippen LogP contribution in [0.3, 0.4) is 0 Å². The summed E-state index contributed by atoms with van der Waals surface area (Å²) in [5, 5.41) is 3.58. The Labute approximate surface area is 186 Å². The molecule has 164 valence electrons. The lowest BCUT2D eigenvalue weighted by Crippen LogP contribution is -2.27. The van der Waals surface area contributed by atoms with Gasteiger partial charge in [0.1, 0.15) is 5.82 Å². The quantitative estimate of drug-likeness (QED) is 0.624. The predicted octanol–water partition coefficient (Wildman–Crippen LogP) is 3.11. The van der Waals surface area contributed by atoms with Gasteiger partial charge < -0.3 is 10.2 Å². The van der Waals surface area contributed by atoms with Crippen LogP contribution in [0.2, 0.25) is 0 Å². The fourth-order valence-electron chi connectivity index (χ4n) is 4.31. The van der Waals surface area contributed by atoms with Crippen LogP contribution >= 0.6 is 0 Å². The van der Waals surface area contributed by atoms with E-state index in [4.69, 9.17) is 4.98 Å². The maximum atomic E-state index is 12.9. The van der Waals surface area contributed by atoms with E-state index in [1.165, 1.54) is 0 Å². The third kappa shape index (κ3) is 4.15. The van der Waals surface area contributed by atoms with E-state index in [1.54, 1.807) is 9.47 Å². The molecule has 32 heavy (non-hydrogen) atoms. The van der Waals surface area contributed by atoms with Crippen molar-refractivity contribution in [1.82, 2.24) is 14.9 Å². The van der Waals surface area contributed by atoms with Gasteiger partial charge >= 0.3 is 0 Å². The van der Waals surface area contributed by atoms with Gasteiger partial charge in [-0.3, -0.25) is 19.0 Å². The minimum absolute atomic E-state index is 0.00918. The van der Waals surface area contributed by atoms with E-state index >= 15 is 0 Å². The maximum absolute atomic E-state index is 12.9. The van der Waals surface area contributed by atoms with Gasteiger partial charge in [0, 0.05) is 44.1 Å². The minimum atomic E-state index is -0.0754. The van der Waals surface area contributed by atoms with E-state index in [2.05, 4.69) is 5.32 Å². The molecule has 1 aliphatic heterocycles. The van der Waals surface area contributed by atoms with Gasteiger partial charge in [-0.15, -0.1) is 0 Å². The van der Waals surface area contributed by atoms with Crippen molar-refractivity contribution in [2.24, 2.45) is 0 Å². The number of aryl methyl sites for hydroxylation is 1. The van der Waals surface area contributed by atoms with Crippen molar-refractivity contribution in [3.05, 3.63) is 70.3 Å². The molecule has 0 spiro atoms. The van der Waals surface area contributed by atoms with Gasteiger partial charge in [-0.1, -0.05) is 24.3 Å². The van der Waals surface area contributed by atoms with E-state index in [1.807, 2.05) is 48.5 Å². The number of nitrogens with zero attached hydrogens (tertiary/aromatic N) is 3. The van der Waals surface area contributed by atoms with Gasteiger partial charge in [-0.05, 0) is 49.1 Å². The molecule has 2 aliphatic rings. The van der Waals surface area contributed by atoms with Crippen molar-refractivity contribution in [1.29, 1.82) is 0 Å². The number of hydrogen-bond donors (Lipinski definition) is 1. The second-order valence-corrected chi connectivity index (χ2v) is 8.54. The summed E-state index contributed by atoms with van der Waals surface area (Å²) in [7, 11) is 0. The van der Waals surface area contributed by atoms with Gasteiger partial charge in [0.25, 0.3) is 5.56 Å². The number of nitrogens with one attached hydrogen (secondary N) is 1. The first-order valence-corrected chi connectivity index (χ1v) is 11.3. The summed E-state index contributed by atoms with van der Waals surface area (Å²) < 4.78 is 1.79. The first-order valence-electron chi connectivity index (χ1n) is 11.3. The lowest BCUT2D eigenvalue weighted by Gasteiger charge is -2.16. The van der Waals surface area contributed by atoms with E-state index in [9.17, 15) is 14.4 Å². The first-order chi connectivity index (χ1) is 15.6. The average molecular weight is 431 g/mol. The van der Waals surface area contributed by atoms with Crippen LogP contribution in [0.5, 0.6) is 0 Å². The molecule has 2 heterocycles. The molecule has 0 radical (unpaired) electrons. The van der Waals surface area contributed by atoms with Gasteiger partial charge in [0.15, 0.2) is 0 Å². The molecule has 7 nitrogen and oxygen atoms in total. The summed E-state index contributed by atoms with van der Waals surface area (Å²) >= 11 is 0. The largest absolute Gasteiger partial charge is 0.352 e. The molecule has 1 aliphatic carbocycles. The molecule has 1 N–H and O–H groups in total. The van der Waals surface area contributed by atoms with E-state index in [-0.39, 0.29) is 29.8 Å². The summed E-state index contributed by atoms with van der Waals surface area (Å²) in [6.45, 7) is 1.19. The summed E-state index contributed by atoms with van der Waals surface area (Å²) in [5.74, 6) is 0.776. The molecule has 3 aromatic rings. The van der Waals surface area contributed by atoms with Gasteiger partial charge in [-0.25, -0.2) is 4.98 Å². The van der Waals surface area contributed by atoms with E-state index < -0.39 is 0 Å². The highest BCUT2D eigenvalue weighted by Gasteiger charge is 2.28. The molecule has 2 fully saturated rings. The zero-order valence-corrected chi connectivity index (χ0v) is 17.9. The highest BCUT2D eigenvalue weighted by atomic mass is 16.2. The molecule has 0 bridgehead atoms. The van der Waals surface area contributed by atoms with Crippen LogP contribution in [0.4, 0.5) is 5.69 Å². The lowest BCUT2D eigenvalue weighted by atomic mass is 10.2. The Bertz CT molecular complexity index is 1230. The lowest BCUT2D eigenvalue weighted by molar-refractivity contribution is -0.121. The predicted molar refractivity (Wildman–Crippen MR) is 122 cm³/mol. The van der Waals surface area contributed by atoms with Crippen LogP contribution in [-0.4, -0.2) is 27.9 Å². The molecule has 1 aromatic heterocycles. The zero-order chi connectivity index (χ0) is 22.1. The molecular weight excluding hydrogens is 404 g/mol. The number of benzene rings is 2. The molecule has 0 atom stereocenters. The van der Waals surface area contributed by atoms with Crippen LogP contribution < -0.4 is 15.8 Å². The average Bonchev–Trinajstić information content (AvgIpc) is 3.56. The van der Waals surface area contributed by atoms with Crippen LogP contribution in [0.15, 0.2) is 53.3 Å². The smallest absolute Gasteiger partial charge is 0.261 e. The Balaban J connectivity index is 1.21. The molecule has 2 aromatic carbocycles. The molecule has 1 saturated heterocycles. The number of carbonyl (C=O) groups is 2. The number of para-hydroxylation sites is 1. The van der Waals surface area contributed by atoms with Gasteiger partial charge in [0.2, 0.25) is 11.8 Å². The topological polar surface area (TPSA) is 84.3 Å². The minimum Gasteiger partial charge on any atom is -0.352 e. The Morgan fingerprint density at radius 2 is 1.84 bits per heavy atom. The van der Waals surface area contributed by atoms with Crippen molar-refractivity contribution < 1.29 is 9.59 Å². The summed E-state index contributed by atoms with van der Waals surface area (Å²) in [5.41, 5.74) is 2.56. The summed E-state index contributed by atoms with van der Waals surface area (Å²) in [4.78, 5) is 43.8. The molecule has 2 amide bonds. The van der Waals surface area contributed by atoms with Gasteiger partial charge in [-0.2, -0.15) is 0 Å². The van der Waals surface area contributed by atoms with Crippen LogP contribution in [-0.2, 0) is 22.6 Å². The number of amides is 2. The second kappa shape index (κ2) is 8.57. The number of aromatic nitrogens is 2. The molecule has 1 saturated carbocycles. The Kier molecular flexibility index (Phi) is 5.47. The fourth-order valence-corrected chi connectivity index (χ4v) is 4.31. The molecule has 7 heteroatoms. The molecular formula is C25H26N4O3. The monoisotopic (exact) mass is 430 g/mol. The SMILES string of the molecule is O=C(CCc1nc2ccccc2c(=O)n1C1CC1)NCc1ccc(N2CCCC2=O)cc1. The summed E-state index contributed by atoms with van der Waals surface area (Å²) in [6.07, 6.45) is 4.18. The zero-order valence-electron chi connectivity index (χ0n) is 17.9. The van der Waals surface area contributed by atoms with Crippen LogP contribution in [0.1, 0.15) is 49.5 Å². The third-order valence-electron chi connectivity index (χ3n) is 6.18. The Hall–Kier alpha value is -3.48. The van der Waals surface area contributed by atoms with Crippen LogP contribution in [0.25, 0.3) is 10.9 Å². The van der Waals surface area contributed by atoms with Crippen molar-refractivity contribution >= 4 is 28.4 Å². The highest BCUT2D eigenvalue weighted by molar-refractivity contribution is 5.95. The normalized spacial score (nSPS) is 16.0.